The number of halogens is 1. The summed E-state index contributed by atoms with van der Waals surface area (Å²) in [5.41, 5.74) is 0.175. The van der Waals surface area contributed by atoms with E-state index in [2.05, 4.69) is 91.1 Å². The van der Waals surface area contributed by atoms with Gasteiger partial charge in [0.1, 0.15) is 0 Å². The molecule has 3 heterocycles. The van der Waals surface area contributed by atoms with Crippen molar-refractivity contribution in [2.24, 2.45) is 11.8 Å². The standard InChI is InChI=1S/C41H74ClN7O2/c1-38(2)27-31(28-39(3,4)48(38)50-33-21-11-9-12-22-33)19-15-17-25-43-36-45-35(42)46-37(47-36)44-26-18-16-20-32-29-40(5,6)49(41(7,8)30-32)51-34-23-13-10-14-24-34/h31-34H,9-30H2,1-8H3,(H2,43,44,45,46,47). The Morgan fingerprint density at radius 1 is 0.549 bits per heavy atom. The van der Waals surface area contributed by atoms with Gasteiger partial charge in [-0.3, -0.25) is 9.68 Å². The molecule has 5 rings (SSSR count). The van der Waals surface area contributed by atoms with Crippen molar-refractivity contribution in [1.29, 1.82) is 0 Å². The Bertz CT molecular complexity index is 1090. The van der Waals surface area contributed by atoms with Crippen LogP contribution in [0.15, 0.2) is 0 Å². The number of unbranched alkanes of at least 4 members (excludes halogenated alkanes) is 2. The Hall–Kier alpha value is -1.26. The smallest absolute Gasteiger partial charge is 0.228 e. The lowest BCUT2D eigenvalue weighted by molar-refractivity contribution is -0.314. The van der Waals surface area contributed by atoms with E-state index < -0.39 is 0 Å². The number of piperidine rings is 2. The third-order valence-corrected chi connectivity index (χ3v) is 12.4. The van der Waals surface area contributed by atoms with Crippen LogP contribution in [0.1, 0.15) is 184 Å². The average molecular weight is 733 g/mol. The highest BCUT2D eigenvalue weighted by Gasteiger charge is 2.48. The minimum Gasteiger partial charge on any atom is -0.354 e. The van der Waals surface area contributed by atoms with Gasteiger partial charge in [0.25, 0.3) is 0 Å². The molecule has 2 saturated carbocycles. The van der Waals surface area contributed by atoms with E-state index >= 15 is 0 Å². The molecule has 2 N–H and O–H groups in total. The van der Waals surface area contributed by atoms with E-state index in [-0.39, 0.29) is 27.4 Å². The summed E-state index contributed by atoms with van der Waals surface area (Å²) in [6.45, 7) is 20.7. The predicted molar refractivity (Wildman–Crippen MR) is 211 cm³/mol. The average Bonchev–Trinajstić information content (AvgIpc) is 3.04. The highest BCUT2D eigenvalue weighted by molar-refractivity contribution is 6.28. The zero-order valence-corrected chi connectivity index (χ0v) is 34.6. The molecule has 10 heteroatoms. The van der Waals surface area contributed by atoms with E-state index in [1.165, 1.54) is 116 Å². The zero-order valence-electron chi connectivity index (χ0n) is 33.8. The highest BCUT2D eigenvalue weighted by atomic mass is 35.5. The van der Waals surface area contributed by atoms with Crippen LogP contribution in [0.5, 0.6) is 0 Å². The molecule has 0 bridgehead atoms. The van der Waals surface area contributed by atoms with Gasteiger partial charge < -0.3 is 10.6 Å². The summed E-state index contributed by atoms with van der Waals surface area (Å²) in [4.78, 5) is 26.7. The minimum absolute atomic E-state index is 0.0437. The Kier molecular flexibility index (Phi) is 14.4. The van der Waals surface area contributed by atoms with Crippen molar-refractivity contribution in [2.75, 3.05) is 23.7 Å². The summed E-state index contributed by atoms with van der Waals surface area (Å²) in [5, 5.41) is 11.8. The first kappa shape index (κ1) is 40.9. The van der Waals surface area contributed by atoms with Crippen molar-refractivity contribution >= 4 is 23.5 Å². The van der Waals surface area contributed by atoms with Crippen molar-refractivity contribution in [2.45, 2.75) is 218 Å². The summed E-state index contributed by atoms with van der Waals surface area (Å²) in [6.07, 6.45) is 25.2. The molecule has 0 spiro atoms. The van der Waals surface area contributed by atoms with Gasteiger partial charge in [0, 0.05) is 35.2 Å². The highest BCUT2D eigenvalue weighted by Crippen LogP contribution is 2.46. The van der Waals surface area contributed by atoms with E-state index in [0.29, 0.717) is 35.9 Å². The Labute approximate surface area is 316 Å². The van der Waals surface area contributed by atoms with Gasteiger partial charge in [-0.2, -0.15) is 25.1 Å². The molecule has 4 aliphatic rings. The number of nitrogens with zero attached hydrogens (tertiary/aromatic N) is 5. The summed E-state index contributed by atoms with van der Waals surface area (Å²) in [5.74, 6) is 2.52. The summed E-state index contributed by atoms with van der Waals surface area (Å²) < 4.78 is 0. The van der Waals surface area contributed by atoms with Crippen molar-refractivity contribution in [1.82, 2.24) is 25.1 Å². The maximum Gasteiger partial charge on any atom is 0.228 e. The molecular formula is C41H74ClN7O2. The Morgan fingerprint density at radius 3 is 1.25 bits per heavy atom. The molecule has 4 fully saturated rings. The number of aromatic nitrogens is 3. The Balaban J connectivity index is 0.982. The number of anilines is 2. The van der Waals surface area contributed by atoms with Crippen molar-refractivity contribution in [3.05, 3.63) is 5.28 Å². The van der Waals surface area contributed by atoms with Gasteiger partial charge in [0.2, 0.25) is 17.2 Å². The topological polar surface area (TPSA) is 87.7 Å². The maximum atomic E-state index is 6.70. The van der Waals surface area contributed by atoms with E-state index in [1.807, 2.05) is 0 Å². The van der Waals surface area contributed by atoms with E-state index in [9.17, 15) is 0 Å². The van der Waals surface area contributed by atoms with Gasteiger partial charge in [0.05, 0.1) is 12.2 Å². The summed E-state index contributed by atoms with van der Waals surface area (Å²) in [7, 11) is 0. The summed E-state index contributed by atoms with van der Waals surface area (Å²) >= 11 is 6.32. The van der Waals surface area contributed by atoms with Crippen LogP contribution >= 0.6 is 11.6 Å². The fourth-order valence-electron chi connectivity index (χ4n) is 10.6. The van der Waals surface area contributed by atoms with Crippen LogP contribution in [0.4, 0.5) is 11.9 Å². The first-order chi connectivity index (χ1) is 24.1. The number of rotatable bonds is 16. The molecule has 2 aliphatic heterocycles. The quantitative estimate of drug-likeness (QED) is 0.161. The van der Waals surface area contributed by atoms with Crippen LogP contribution < -0.4 is 10.6 Å². The second kappa shape index (κ2) is 17.9. The van der Waals surface area contributed by atoms with Crippen molar-refractivity contribution in [3.63, 3.8) is 0 Å². The number of nitrogens with one attached hydrogen (secondary N) is 2. The molecule has 1 aromatic heterocycles. The first-order valence-corrected chi connectivity index (χ1v) is 21.3. The van der Waals surface area contributed by atoms with E-state index in [0.717, 1.165) is 25.9 Å². The molecule has 51 heavy (non-hydrogen) atoms. The van der Waals surface area contributed by atoms with Crippen LogP contribution in [0.3, 0.4) is 0 Å². The lowest BCUT2D eigenvalue weighted by Crippen LogP contribution is -2.61. The van der Waals surface area contributed by atoms with Gasteiger partial charge in [-0.15, -0.1) is 0 Å². The van der Waals surface area contributed by atoms with Gasteiger partial charge in [0.15, 0.2) is 0 Å². The fraction of sp³-hybridized carbons (Fsp3) is 0.927. The largest absolute Gasteiger partial charge is 0.354 e. The van der Waals surface area contributed by atoms with Crippen LogP contribution in [0.2, 0.25) is 5.28 Å². The lowest BCUT2D eigenvalue weighted by Gasteiger charge is -2.55. The predicted octanol–water partition coefficient (Wildman–Crippen LogP) is 10.8. The fourth-order valence-corrected chi connectivity index (χ4v) is 10.7. The van der Waals surface area contributed by atoms with Gasteiger partial charge in [-0.25, -0.2) is 0 Å². The molecule has 0 unspecified atom stereocenters. The van der Waals surface area contributed by atoms with Crippen molar-refractivity contribution < 1.29 is 9.68 Å². The van der Waals surface area contributed by atoms with Gasteiger partial charge >= 0.3 is 0 Å². The molecule has 9 nitrogen and oxygen atoms in total. The SMILES string of the molecule is CC1(C)CC(CCCCNc2nc(Cl)nc(NCCCCC3CC(C)(C)N(OC4CCCCC4)C(C)(C)C3)n2)CC(C)(C)N1OC1CCCCC1. The van der Waals surface area contributed by atoms with Crippen LogP contribution in [0, 0.1) is 11.8 Å². The molecule has 292 valence electrons. The second-order valence-corrected chi connectivity index (χ2v) is 19.6. The number of hydrogen-bond acceptors (Lipinski definition) is 9. The monoisotopic (exact) mass is 732 g/mol. The number of hydroxylamine groups is 4. The molecule has 0 radical (unpaired) electrons. The normalized spacial score (nSPS) is 25.2. The van der Waals surface area contributed by atoms with Crippen LogP contribution in [0.25, 0.3) is 0 Å². The van der Waals surface area contributed by atoms with Gasteiger partial charge in [-0.05, 0) is 143 Å². The molecule has 2 saturated heterocycles. The lowest BCUT2D eigenvalue weighted by atomic mass is 9.73. The minimum atomic E-state index is 0.0437. The number of hydrogen-bond donors (Lipinski definition) is 2. The molecule has 0 aromatic carbocycles. The maximum absolute atomic E-state index is 6.70. The molecule has 2 aliphatic carbocycles. The summed E-state index contributed by atoms with van der Waals surface area (Å²) in [6, 6.07) is 0. The molecule has 0 atom stereocenters. The van der Waals surface area contributed by atoms with Crippen LogP contribution in [-0.2, 0) is 9.68 Å². The Morgan fingerprint density at radius 2 is 0.902 bits per heavy atom. The second-order valence-electron chi connectivity index (χ2n) is 19.2. The van der Waals surface area contributed by atoms with E-state index in [1.54, 1.807) is 0 Å². The van der Waals surface area contributed by atoms with Gasteiger partial charge in [-0.1, -0.05) is 64.2 Å². The van der Waals surface area contributed by atoms with Crippen molar-refractivity contribution in [3.8, 4) is 0 Å². The zero-order chi connectivity index (χ0) is 36.7. The molecule has 1 aromatic rings. The third-order valence-electron chi connectivity index (χ3n) is 12.2. The third kappa shape index (κ3) is 11.9. The molecular weight excluding hydrogens is 658 g/mol. The van der Waals surface area contributed by atoms with E-state index in [4.69, 9.17) is 21.3 Å². The first-order valence-electron chi connectivity index (χ1n) is 21.0. The molecule has 0 amide bonds. The van der Waals surface area contributed by atoms with Crippen LogP contribution in [-0.4, -0.2) is 72.5 Å².